The third-order valence-corrected chi connectivity index (χ3v) is 5.91. The Morgan fingerprint density at radius 1 is 0.732 bits per heavy atom. The molecule has 12 heteroatoms. The van der Waals surface area contributed by atoms with Crippen LogP contribution in [0.2, 0.25) is 0 Å². The van der Waals surface area contributed by atoms with Crippen LogP contribution in [0.1, 0.15) is 26.3 Å². The fourth-order valence-electron chi connectivity index (χ4n) is 3.53. The van der Waals surface area contributed by atoms with Crippen molar-refractivity contribution in [1.29, 1.82) is 0 Å². The van der Waals surface area contributed by atoms with Crippen molar-refractivity contribution in [3.05, 3.63) is 82.9 Å². The number of hydrogen-bond donors (Lipinski definition) is 0. The van der Waals surface area contributed by atoms with Gasteiger partial charge in [-0.1, -0.05) is 0 Å². The number of epoxide rings is 2. The highest BCUT2D eigenvalue weighted by Gasteiger charge is 2.23. The molecule has 2 saturated heterocycles. The molecule has 2 heterocycles. The Balaban J connectivity index is 1.13. The Bertz CT molecular complexity index is 1400. The molecule has 0 aliphatic carbocycles. The summed E-state index contributed by atoms with van der Waals surface area (Å²) in [6, 6.07) is 11.6. The van der Waals surface area contributed by atoms with Crippen molar-refractivity contribution in [2.45, 2.75) is 19.1 Å². The Morgan fingerprint density at radius 3 is 1.68 bits per heavy atom. The van der Waals surface area contributed by atoms with Crippen molar-refractivity contribution < 1.29 is 56.3 Å². The van der Waals surface area contributed by atoms with Gasteiger partial charge in [-0.15, -0.1) is 0 Å². The second-order valence-electron chi connectivity index (χ2n) is 9.17. The van der Waals surface area contributed by atoms with Crippen LogP contribution in [0.15, 0.2) is 54.6 Å². The first-order valence-electron chi connectivity index (χ1n) is 12.6. The highest BCUT2D eigenvalue weighted by Crippen LogP contribution is 2.27. The van der Waals surface area contributed by atoms with Crippen LogP contribution in [-0.4, -0.2) is 64.2 Å². The molecule has 216 valence electrons. The topological polar surface area (TPSA) is 115 Å². The van der Waals surface area contributed by atoms with Crippen LogP contribution < -0.4 is 18.9 Å². The highest BCUT2D eigenvalue weighted by atomic mass is 19.1. The minimum atomic E-state index is -0.934. The van der Waals surface area contributed by atoms with Gasteiger partial charge in [0.2, 0.25) is 0 Å². The number of carbonyl (C=O) groups excluding carboxylic acids is 2. The summed E-state index contributed by atoms with van der Waals surface area (Å²) in [7, 11) is 0. The fraction of sp³-hybridized carbons (Fsp3) is 0.310. The van der Waals surface area contributed by atoms with Gasteiger partial charge in [0.25, 0.3) is 0 Å². The summed E-state index contributed by atoms with van der Waals surface area (Å²) >= 11 is 0. The van der Waals surface area contributed by atoms with E-state index in [-0.39, 0.29) is 59.9 Å². The molecule has 0 amide bonds. The quantitative estimate of drug-likeness (QED) is 0.0915. The van der Waals surface area contributed by atoms with E-state index in [1.54, 1.807) is 6.92 Å². The third kappa shape index (κ3) is 8.21. The molecule has 41 heavy (non-hydrogen) atoms. The third-order valence-electron chi connectivity index (χ3n) is 5.91. The summed E-state index contributed by atoms with van der Waals surface area (Å²) in [5.41, 5.74) is -0.184. The summed E-state index contributed by atoms with van der Waals surface area (Å²) in [4.78, 5) is 25.1. The molecule has 5 rings (SSSR count). The highest BCUT2D eigenvalue weighted by molar-refractivity contribution is 5.92. The second kappa shape index (κ2) is 13.0. The van der Waals surface area contributed by atoms with Gasteiger partial charge in [0.05, 0.1) is 37.6 Å². The number of hydrogen-bond acceptors (Lipinski definition) is 10. The minimum absolute atomic E-state index is 0.0803. The maximum atomic E-state index is 14.5. The molecule has 2 atom stereocenters. The molecule has 0 saturated carbocycles. The monoisotopic (exact) mass is 572 g/mol. The van der Waals surface area contributed by atoms with E-state index in [1.165, 1.54) is 42.5 Å². The van der Waals surface area contributed by atoms with Crippen LogP contribution in [0, 0.1) is 18.6 Å². The molecule has 3 aromatic rings. The lowest BCUT2D eigenvalue weighted by atomic mass is 10.2. The number of ether oxygens (including phenoxy) is 8. The van der Waals surface area contributed by atoms with Crippen molar-refractivity contribution in [3.63, 3.8) is 0 Å². The molecule has 2 aliphatic rings. The zero-order chi connectivity index (χ0) is 28.8. The van der Waals surface area contributed by atoms with E-state index in [1.807, 2.05) is 0 Å². The molecular weight excluding hydrogens is 546 g/mol. The molecule has 0 aromatic heterocycles. The Morgan fingerprint density at radius 2 is 1.22 bits per heavy atom. The number of halogens is 2. The lowest BCUT2D eigenvalue weighted by molar-refractivity contribution is 0.00792. The summed E-state index contributed by atoms with van der Waals surface area (Å²) in [5, 5.41) is 0. The van der Waals surface area contributed by atoms with Gasteiger partial charge in [-0.25, -0.2) is 18.4 Å². The van der Waals surface area contributed by atoms with Crippen LogP contribution in [0.5, 0.6) is 23.0 Å². The van der Waals surface area contributed by atoms with E-state index in [9.17, 15) is 18.4 Å². The zero-order valence-electron chi connectivity index (χ0n) is 21.9. The lowest BCUT2D eigenvalue weighted by Crippen LogP contribution is -2.13. The molecular formula is C29H26F2O10. The van der Waals surface area contributed by atoms with Gasteiger partial charge in [-0.3, -0.25) is 0 Å². The number of carbonyl (C=O) groups is 2. The van der Waals surface area contributed by atoms with Gasteiger partial charge in [0.1, 0.15) is 46.8 Å². The van der Waals surface area contributed by atoms with E-state index >= 15 is 0 Å². The van der Waals surface area contributed by atoms with Crippen LogP contribution in [0.25, 0.3) is 0 Å². The predicted molar refractivity (Wildman–Crippen MR) is 136 cm³/mol. The molecule has 2 fully saturated rings. The standard InChI is InChI=1S/C29H26F2O10/c1-17-8-20(40-28(32)23-5-2-18(9-25(23)30)38-15-34-11-21-13-36-21)4-7-27(17)41-29(33)24-6-3-19(10-26(24)31)39-16-35-12-22-14-37-22/h2-10,21-22H,11-16H2,1H3. The molecule has 2 unspecified atom stereocenters. The second-order valence-corrected chi connectivity index (χ2v) is 9.17. The van der Waals surface area contributed by atoms with Crippen LogP contribution in [0.3, 0.4) is 0 Å². The fourth-order valence-corrected chi connectivity index (χ4v) is 3.53. The van der Waals surface area contributed by atoms with E-state index in [4.69, 9.17) is 37.9 Å². The SMILES string of the molecule is Cc1cc(OC(=O)c2ccc(OCOCC3CO3)cc2F)ccc1OC(=O)c1ccc(OCOCC2CO2)cc1F. The Kier molecular flexibility index (Phi) is 9.04. The maximum Gasteiger partial charge on any atom is 0.346 e. The van der Waals surface area contributed by atoms with Crippen LogP contribution in [-0.2, 0) is 18.9 Å². The summed E-state index contributed by atoms with van der Waals surface area (Å²) in [5.74, 6) is -2.95. The number of benzene rings is 3. The van der Waals surface area contributed by atoms with E-state index < -0.39 is 23.6 Å². The largest absolute Gasteiger partial charge is 0.467 e. The van der Waals surface area contributed by atoms with Gasteiger partial charge in [0, 0.05) is 12.1 Å². The molecule has 0 radical (unpaired) electrons. The number of aryl methyl sites for hydroxylation is 1. The molecule has 0 bridgehead atoms. The first-order valence-corrected chi connectivity index (χ1v) is 12.6. The summed E-state index contributed by atoms with van der Waals surface area (Å²) in [6.45, 7) is 3.50. The van der Waals surface area contributed by atoms with Crippen molar-refractivity contribution in [2.75, 3.05) is 40.0 Å². The van der Waals surface area contributed by atoms with E-state index in [2.05, 4.69) is 0 Å². The lowest BCUT2D eigenvalue weighted by Gasteiger charge is -2.12. The zero-order valence-corrected chi connectivity index (χ0v) is 21.9. The Labute approximate surface area is 233 Å². The first kappa shape index (κ1) is 28.4. The summed E-state index contributed by atoms with van der Waals surface area (Å²) in [6.07, 6.45) is 0.161. The molecule has 3 aromatic carbocycles. The Hall–Kier alpha value is -4.10. The molecule has 2 aliphatic heterocycles. The van der Waals surface area contributed by atoms with Gasteiger partial charge in [-0.05, 0) is 55.0 Å². The predicted octanol–water partition coefficient (Wildman–Crippen LogP) is 4.22. The van der Waals surface area contributed by atoms with Crippen molar-refractivity contribution >= 4 is 11.9 Å². The van der Waals surface area contributed by atoms with Gasteiger partial charge in [-0.2, -0.15) is 0 Å². The minimum Gasteiger partial charge on any atom is -0.467 e. The van der Waals surface area contributed by atoms with Crippen molar-refractivity contribution in [2.24, 2.45) is 0 Å². The molecule has 0 spiro atoms. The van der Waals surface area contributed by atoms with E-state index in [0.29, 0.717) is 32.0 Å². The van der Waals surface area contributed by atoms with Gasteiger partial charge >= 0.3 is 11.9 Å². The first-order chi connectivity index (χ1) is 19.9. The van der Waals surface area contributed by atoms with Crippen LogP contribution in [0.4, 0.5) is 8.78 Å². The maximum absolute atomic E-state index is 14.5. The summed E-state index contributed by atoms with van der Waals surface area (Å²) < 4.78 is 70.8. The van der Waals surface area contributed by atoms with Crippen molar-refractivity contribution in [3.8, 4) is 23.0 Å². The smallest absolute Gasteiger partial charge is 0.346 e. The van der Waals surface area contributed by atoms with Crippen LogP contribution >= 0.6 is 0 Å². The average Bonchev–Trinajstić information content (AvgIpc) is 3.87. The number of esters is 2. The van der Waals surface area contributed by atoms with E-state index in [0.717, 1.165) is 12.1 Å². The molecule has 0 N–H and O–H groups in total. The van der Waals surface area contributed by atoms with Gasteiger partial charge in [0.15, 0.2) is 13.6 Å². The average molecular weight is 573 g/mol. The normalized spacial score (nSPS) is 17.0. The number of rotatable bonds is 14. The van der Waals surface area contributed by atoms with Crippen molar-refractivity contribution in [1.82, 2.24) is 0 Å². The van der Waals surface area contributed by atoms with Gasteiger partial charge < -0.3 is 37.9 Å². The molecule has 10 nitrogen and oxygen atoms in total.